The topological polar surface area (TPSA) is 73.6 Å². The fourth-order valence-corrected chi connectivity index (χ4v) is 4.77. The second-order valence-electron chi connectivity index (χ2n) is 8.15. The number of methoxy groups -OCH3 is 1. The van der Waals surface area contributed by atoms with Gasteiger partial charge < -0.3 is 14.7 Å². The molecular weight excluding hydrogens is 388 g/mol. The highest BCUT2D eigenvalue weighted by molar-refractivity contribution is 5.82. The molecule has 158 valence electrons. The fourth-order valence-electron chi connectivity index (χ4n) is 4.77. The molecule has 0 spiro atoms. The summed E-state index contributed by atoms with van der Waals surface area (Å²) in [5, 5.41) is 19.7. The molecule has 1 heterocycles. The van der Waals surface area contributed by atoms with Crippen LogP contribution in [-0.4, -0.2) is 41.7 Å². The Hall–Kier alpha value is -3.28. The van der Waals surface area contributed by atoms with E-state index >= 15 is 0 Å². The Bertz CT molecular complexity index is 1040. The fraction of sp³-hybridized carbons (Fsp3) is 0.385. The monoisotopic (exact) mass is 414 g/mol. The summed E-state index contributed by atoms with van der Waals surface area (Å²) in [6, 6.07) is 16.8. The van der Waals surface area contributed by atoms with Gasteiger partial charge in [0.15, 0.2) is 0 Å². The Morgan fingerprint density at radius 1 is 1.13 bits per heavy atom. The van der Waals surface area contributed by atoms with Crippen LogP contribution in [0.2, 0.25) is 0 Å². The molecule has 0 aromatic heterocycles. The zero-order chi connectivity index (χ0) is 21.8. The number of nitrogens with zero attached hydrogens (tertiary/aromatic N) is 2. The first-order valence-corrected chi connectivity index (χ1v) is 10.8. The minimum absolute atomic E-state index is 0.00141. The van der Waals surface area contributed by atoms with Crippen molar-refractivity contribution in [2.75, 3.05) is 13.7 Å². The zero-order valence-electron chi connectivity index (χ0n) is 17.6. The third kappa shape index (κ3) is 4.02. The second-order valence-corrected chi connectivity index (χ2v) is 8.15. The summed E-state index contributed by atoms with van der Waals surface area (Å²) in [5.41, 5.74) is 2.62. The normalized spacial score (nSPS) is 22.7. The van der Waals surface area contributed by atoms with Gasteiger partial charge in [-0.25, -0.2) is 0 Å². The molecule has 2 fully saturated rings. The Morgan fingerprint density at radius 3 is 2.48 bits per heavy atom. The first-order valence-electron chi connectivity index (χ1n) is 10.8. The van der Waals surface area contributed by atoms with Crippen molar-refractivity contribution < 1.29 is 14.6 Å². The summed E-state index contributed by atoms with van der Waals surface area (Å²) in [7, 11) is 1.62. The van der Waals surface area contributed by atoms with Crippen LogP contribution in [0.3, 0.4) is 0 Å². The molecule has 1 saturated heterocycles. The van der Waals surface area contributed by atoms with Crippen molar-refractivity contribution in [2.24, 2.45) is 5.92 Å². The number of aliphatic hydroxyl groups is 1. The Labute approximate surface area is 183 Å². The summed E-state index contributed by atoms with van der Waals surface area (Å²) in [6.07, 6.45) is 3.89. The maximum absolute atomic E-state index is 12.9. The number of carbonyl (C=O) groups is 1. The predicted molar refractivity (Wildman–Crippen MR) is 117 cm³/mol. The Balaban J connectivity index is 1.51. The van der Waals surface area contributed by atoms with Crippen LogP contribution in [-0.2, 0) is 4.79 Å². The summed E-state index contributed by atoms with van der Waals surface area (Å²) in [6.45, 7) is -0.142. The van der Waals surface area contributed by atoms with Crippen molar-refractivity contribution in [2.45, 2.75) is 43.7 Å². The lowest BCUT2D eigenvalue weighted by Crippen LogP contribution is -2.66. The van der Waals surface area contributed by atoms with Crippen LogP contribution < -0.4 is 4.74 Å². The van der Waals surface area contributed by atoms with E-state index in [1.807, 2.05) is 48.5 Å². The zero-order valence-corrected chi connectivity index (χ0v) is 17.6. The van der Waals surface area contributed by atoms with Gasteiger partial charge in [0.05, 0.1) is 31.4 Å². The van der Waals surface area contributed by atoms with Crippen LogP contribution in [0.1, 0.15) is 48.3 Å². The van der Waals surface area contributed by atoms with Gasteiger partial charge in [-0.05, 0) is 42.7 Å². The first kappa shape index (κ1) is 21.0. The quantitative estimate of drug-likeness (QED) is 0.778. The van der Waals surface area contributed by atoms with Gasteiger partial charge in [-0.1, -0.05) is 48.9 Å². The van der Waals surface area contributed by atoms with Gasteiger partial charge in [-0.3, -0.25) is 4.79 Å². The number of aliphatic hydroxyl groups excluding tert-OH is 1. The highest BCUT2D eigenvalue weighted by Crippen LogP contribution is 2.42. The highest BCUT2D eigenvalue weighted by Gasteiger charge is 2.52. The molecule has 5 heteroatoms. The lowest BCUT2D eigenvalue weighted by Gasteiger charge is -2.52. The van der Waals surface area contributed by atoms with E-state index in [4.69, 9.17) is 4.74 Å². The summed E-state index contributed by atoms with van der Waals surface area (Å²) < 4.78 is 5.33. The maximum atomic E-state index is 12.9. The van der Waals surface area contributed by atoms with Crippen LogP contribution in [0.15, 0.2) is 48.5 Å². The van der Waals surface area contributed by atoms with E-state index in [1.54, 1.807) is 12.0 Å². The maximum Gasteiger partial charge on any atom is 0.227 e. The van der Waals surface area contributed by atoms with Gasteiger partial charge >= 0.3 is 0 Å². The van der Waals surface area contributed by atoms with E-state index in [2.05, 4.69) is 17.9 Å². The van der Waals surface area contributed by atoms with E-state index in [0.717, 1.165) is 48.1 Å². The van der Waals surface area contributed by atoms with Crippen molar-refractivity contribution in [1.82, 2.24) is 4.90 Å². The number of ether oxygens (including phenoxy) is 1. The van der Waals surface area contributed by atoms with Gasteiger partial charge in [-0.15, -0.1) is 0 Å². The summed E-state index contributed by atoms with van der Waals surface area (Å²) in [4.78, 5) is 14.5. The number of para-hydroxylation sites is 1. The number of carbonyl (C=O) groups excluding carboxylic acids is 1. The molecule has 0 unspecified atom stereocenters. The molecule has 1 amide bonds. The smallest absolute Gasteiger partial charge is 0.227 e. The number of benzene rings is 2. The van der Waals surface area contributed by atoms with E-state index in [1.165, 1.54) is 0 Å². The molecule has 3 atom stereocenters. The van der Waals surface area contributed by atoms with Crippen LogP contribution in [0.5, 0.6) is 5.75 Å². The van der Waals surface area contributed by atoms with E-state index in [9.17, 15) is 15.2 Å². The van der Waals surface area contributed by atoms with Crippen LogP contribution in [0, 0.1) is 29.1 Å². The minimum atomic E-state index is -0.532. The van der Waals surface area contributed by atoms with Gasteiger partial charge in [0.25, 0.3) is 0 Å². The third-order valence-corrected chi connectivity index (χ3v) is 6.43. The van der Waals surface area contributed by atoms with Gasteiger partial charge in [0, 0.05) is 17.4 Å². The van der Waals surface area contributed by atoms with Crippen molar-refractivity contribution in [3.05, 3.63) is 65.2 Å². The minimum Gasteiger partial charge on any atom is -0.495 e. The molecule has 1 N–H and O–H groups in total. The summed E-state index contributed by atoms with van der Waals surface area (Å²) >= 11 is 0. The molecule has 2 aromatic carbocycles. The van der Waals surface area contributed by atoms with Crippen molar-refractivity contribution in [1.29, 1.82) is 5.26 Å². The largest absolute Gasteiger partial charge is 0.495 e. The molecule has 31 heavy (non-hydrogen) atoms. The van der Waals surface area contributed by atoms with E-state index in [0.29, 0.717) is 0 Å². The van der Waals surface area contributed by atoms with Crippen LogP contribution in [0.4, 0.5) is 0 Å². The van der Waals surface area contributed by atoms with E-state index < -0.39 is 6.04 Å². The van der Waals surface area contributed by atoms with Crippen LogP contribution >= 0.6 is 0 Å². The number of nitriles is 1. The number of likely N-dealkylation sites (tertiary alicyclic amines) is 1. The number of amides is 1. The molecule has 0 radical (unpaired) electrons. The van der Waals surface area contributed by atoms with Gasteiger partial charge in [-0.2, -0.15) is 5.26 Å². The van der Waals surface area contributed by atoms with Crippen molar-refractivity contribution >= 4 is 5.91 Å². The molecule has 0 bridgehead atoms. The highest BCUT2D eigenvalue weighted by atomic mass is 16.5. The second kappa shape index (κ2) is 9.25. The number of hydrogen-bond acceptors (Lipinski definition) is 4. The number of hydrogen-bond donors (Lipinski definition) is 1. The molecule has 1 aliphatic carbocycles. The van der Waals surface area contributed by atoms with Gasteiger partial charge in [0.2, 0.25) is 5.91 Å². The SMILES string of the molecule is COc1ccccc1C#Cc1ccc([C@@H]2[C@@H](C#N)N(C(=O)C3CCCC3)[C@@H]2CO)cc1. The van der Waals surface area contributed by atoms with Crippen molar-refractivity contribution in [3.63, 3.8) is 0 Å². The third-order valence-electron chi connectivity index (χ3n) is 6.43. The molecule has 2 aliphatic rings. The van der Waals surface area contributed by atoms with Crippen LogP contribution in [0.25, 0.3) is 0 Å². The Morgan fingerprint density at radius 2 is 1.84 bits per heavy atom. The number of rotatable bonds is 4. The first-order chi connectivity index (χ1) is 15.2. The molecular formula is C26H26N2O3. The molecule has 2 aromatic rings. The lowest BCUT2D eigenvalue weighted by molar-refractivity contribution is -0.151. The molecule has 5 nitrogen and oxygen atoms in total. The molecule has 1 aliphatic heterocycles. The average Bonchev–Trinajstić information content (AvgIpc) is 3.34. The standard InChI is InChI=1S/C26H26N2O3/c1-31-24-9-5-4-6-19(24)13-10-18-11-14-20(15-12-18)25-22(16-27)28(23(25)17-29)26(30)21-7-2-3-8-21/h4-6,9,11-12,14-15,21-23,25,29H,2-3,7-8,17H2,1H3/t22-,23-,25-/m1/s1. The lowest BCUT2D eigenvalue weighted by atomic mass is 9.75. The Kier molecular flexibility index (Phi) is 6.26. The van der Waals surface area contributed by atoms with E-state index in [-0.39, 0.29) is 30.4 Å². The predicted octanol–water partition coefficient (Wildman–Crippen LogP) is 3.46. The molecule has 4 rings (SSSR count). The molecule has 1 saturated carbocycles. The average molecular weight is 415 g/mol. The summed E-state index contributed by atoms with van der Waals surface area (Å²) in [5.74, 6) is 6.85. The van der Waals surface area contributed by atoms with Crippen molar-refractivity contribution in [3.8, 4) is 23.7 Å². The van der Waals surface area contributed by atoms with Gasteiger partial charge in [0.1, 0.15) is 11.8 Å².